The Bertz CT molecular complexity index is 923. The van der Waals surface area contributed by atoms with Gasteiger partial charge >= 0.3 is 0 Å². The van der Waals surface area contributed by atoms with Crippen LogP contribution in [0.4, 0.5) is 5.69 Å². The average molecular weight is 402 g/mol. The molecule has 0 aromatic heterocycles. The zero-order valence-corrected chi connectivity index (χ0v) is 15.2. The molecule has 0 amide bonds. The van der Waals surface area contributed by atoms with E-state index >= 15 is 0 Å². The van der Waals surface area contributed by atoms with Crippen LogP contribution in [0.3, 0.4) is 0 Å². The molecule has 0 atom stereocenters. The summed E-state index contributed by atoms with van der Waals surface area (Å²) in [7, 11) is -3.59. The highest BCUT2D eigenvalue weighted by atomic mass is 79.9. The summed E-state index contributed by atoms with van der Waals surface area (Å²) < 4.78 is 28.1. The van der Waals surface area contributed by atoms with Crippen molar-refractivity contribution in [3.8, 4) is 0 Å². The number of anilines is 1. The molecule has 0 aliphatic carbocycles. The van der Waals surface area contributed by atoms with Crippen LogP contribution in [0.25, 0.3) is 0 Å². The molecule has 0 aliphatic heterocycles. The van der Waals surface area contributed by atoms with Gasteiger partial charge in [0.25, 0.3) is 10.0 Å². The highest BCUT2D eigenvalue weighted by Gasteiger charge is 2.14. The van der Waals surface area contributed by atoms with Crippen molar-refractivity contribution in [2.24, 2.45) is 0 Å². The first kappa shape index (κ1) is 16.7. The predicted molar refractivity (Wildman–Crippen MR) is 101 cm³/mol. The molecule has 3 aromatic rings. The molecule has 0 spiro atoms. The van der Waals surface area contributed by atoms with Gasteiger partial charge < -0.3 is 0 Å². The van der Waals surface area contributed by atoms with E-state index < -0.39 is 10.0 Å². The van der Waals surface area contributed by atoms with E-state index in [4.69, 9.17) is 0 Å². The van der Waals surface area contributed by atoms with E-state index in [1.165, 1.54) is 5.56 Å². The summed E-state index contributed by atoms with van der Waals surface area (Å²) >= 11 is 3.29. The Morgan fingerprint density at radius 3 is 2.12 bits per heavy atom. The molecule has 3 aromatic carbocycles. The fraction of sp³-hybridized carbons (Fsp3) is 0.0526. The number of hydrogen-bond acceptors (Lipinski definition) is 2. The Labute approximate surface area is 150 Å². The average Bonchev–Trinajstić information content (AvgIpc) is 2.57. The minimum Gasteiger partial charge on any atom is -0.280 e. The van der Waals surface area contributed by atoms with E-state index in [9.17, 15) is 8.42 Å². The zero-order valence-electron chi connectivity index (χ0n) is 12.8. The second kappa shape index (κ2) is 7.20. The lowest BCUT2D eigenvalue weighted by molar-refractivity contribution is 0.601. The number of halogens is 1. The van der Waals surface area contributed by atoms with Crippen LogP contribution in [0.2, 0.25) is 0 Å². The molecule has 3 rings (SSSR count). The Morgan fingerprint density at radius 2 is 1.46 bits per heavy atom. The van der Waals surface area contributed by atoms with E-state index in [1.54, 1.807) is 36.4 Å². The number of benzene rings is 3. The van der Waals surface area contributed by atoms with Crippen LogP contribution in [0.15, 0.2) is 88.2 Å². The summed E-state index contributed by atoms with van der Waals surface area (Å²) in [6, 6.07) is 24.2. The maximum atomic E-state index is 12.4. The molecule has 0 saturated heterocycles. The van der Waals surface area contributed by atoms with Crippen LogP contribution in [0.1, 0.15) is 11.1 Å². The molecule has 24 heavy (non-hydrogen) atoms. The van der Waals surface area contributed by atoms with Crippen molar-refractivity contribution < 1.29 is 8.42 Å². The van der Waals surface area contributed by atoms with Crippen molar-refractivity contribution in [2.45, 2.75) is 11.3 Å². The summed E-state index contributed by atoms with van der Waals surface area (Å²) in [4.78, 5) is 0.227. The Morgan fingerprint density at radius 1 is 0.792 bits per heavy atom. The quantitative estimate of drug-likeness (QED) is 0.664. The van der Waals surface area contributed by atoms with E-state index in [0.717, 1.165) is 16.5 Å². The smallest absolute Gasteiger partial charge is 0.261 e. The molecule has 3 nitrogen and oxygen atoms in total. The van der Waals surface area contributed by atoms with Gasteiger partial charge in [0.1, 0.15) is 0 Å². The summed E-state index contributed by atoms with van der Waals surface area (Å²) in [6.45, 7) is 0. The SMILES string of the molecule is O=S(=O)(Nc1ccc(Cc2ccccc2)cc1)c1cccc(Br)c1. The topological polar surface area (TPSA) is 46.2 Å². The molecule has 0 fully saturated rings. The van der Waals surface area contributed by atoms with Crippen molar-refractivity contribution in [1.82, 2.24) is 0 Å². The molecule has 122 valence electrons. The van der Waals surface area contributed by atoms with Crippen LogP contribution in [-0.4, -0.2) is 8.42 Å². The van der Waals surface area contributed by atoms with Crippen LogP contribution < -0.4 is 4.72 Å². The van der Waals surface area contributed by atoms with Gasteiger partial charge in [0.15, 0.2) is 0 Å². The van der Waals surface area contributed by atoms with Gasteiger partial charge in [-0.15, -0.1) is 0 Å². The first-order valence-corrected chi connectivity index (χ1v) is 9.72. The lowest BCUT2D eigenvalue weighted by Gasteiger charge is -2.09. The summed E-state index contributed by atoms with van der Waals surface area (Å²) in [5.74, 6) is 0. The number of rotatable bonds is 5. The van der Waals surface area contributed by atoms with Crippen molar-refractivity contribution in [3.05, 3.63) is 94.5 Å². The molecular formula is C19H16BrNO2S. The summed E-state index contributed by atoms with van der Waals surface area (Å²) in [5.41, 5.74) is 2.90. The monoisotopic (exact) mass is 401 g/mol. The molecule has 0 radical (unpaired) electrons. The minimum absolute atomic E-state index is 0.227. The van der Waals surface area contributed by atoms with Crippen molar-refractivity contribution in [1.29, 1.82) is 0 Å². The molecule has 5 heteroatoms. The Balaban J connectivity index is 1.74. The molecule has 0 heterocycles. The molecule has 0 bridgehead atoms. The number of nitrogens with one attached hydrogen (secondary N) is 1. The van der Waals surface area contributed by atoms with E-state index in [2.05, 4.69) is 32.8 Å². The van der Waals surface area contributed by atoms with E-state index in [-0.39, 0.29) is 4.90 Å². The first-order valence-electron chi connectivity index (χ1n) is 7.44. The largest absolute Gasteiger partial charge is 0.280 e. The summed E-state index contributed by atoms with van der Waals surface area (Å²) in [6.07, 6.45) is 0.819. The third-order valence-electron chi connectivity index (χ3n) is 3.56. The number of hydrogen-bond donors (Lipinski definition) is 1. The van der Waals surface area contributed by atoms with Gasteiger partial charge in [-0.3, -0.25) is 4.72 Å². The van der Waals surface area contributed by atoms with E-state index in [1.807, 2.05) is 30.3 Å². The van der Waals surface area contributed by atoms with Crippen LogP contribution in [0.5, 0.6) is 0 Å². The third kappa shape index (κ3) is 4.24. The molecular weight excluding hydrogens is 386 g/mol. The van der Waals surface area contributed by atoms with Crippen LogP contribution in [0, 0.1) is 0 Å². The van der Waals surface area contributed by atoms with Gasteiger partial charge in [0.05, 0.1) is 4.90 Å². The van der Waals surface area contributed by atoms with Crippen molar-refractivity contribution >= 4 is 31.6 Å². The molecule has 0 unspecified atom stereocenters. The van der Waals surface area contributed by atoms with Crippen molar-refractivity contribution in [2.75, 3.05) is 4.72 Å². The Hall–Kier alpha value is -2.11. The van der Waals surface area contributed by atoms with Gasteiger partial charge in [-0.2, -0.15) is 0 Å². The number of sulfonamides is 1. The fourth-order valence-corrected chi connectivity index (χ4v) is 4.03. The van der Waals surface area contributed by atoms with E-state index in [0.29, 0.717) is 5.69 Å². The lowest BCUT2D eigenvalue weighted by atomic mass is 10.1. The molecule has 1 N–H and O–H groups in total. The zero-order chi connectivity index (χ0) is 17.0. The second-order valence-corrected chi connectivity index (χ2v) is 8.02. The first-order chi connectivity index (χ1) is 11.5. The maximum Gasteiger partial charge on any atom is 0.261 e. The predicted octanol–water partition coefficient (Wildman–Crippen LogP) is 4.84. The third-order valence-corrected chi connectivity index (χ3v) is 5.44. The fourth-order valence-electron chi connectivity index (χ4n) is 2.37. The second-order valence-electron chi connectivity index (χ2n) is 5.42. The Kier molecular flexibility index (Phi) is 5.02. The molecule has 0 saturated carbocycles. The maximum absolute atomic E-state index is 12.4. The van der Waals surface area contributed by atoms with Crippen molar-refractivity contribution in [3.63, 3.8) is 0 Å². The van der Waals surface area contributed by atoms with Crippen LogP contribution in [-0.2, 0) is 16.4 Å². The minimum atomic E-state index is -3.59. The standard InChI is InChI=1S/C19H16BrNO2S/c20-17-7-4-8-19(14-17)24(22,23)21-18-11-9-16(10-12-18)13-15-5-2-1-3-6-15/h1-12,14,21H,13H2. The van der Waals surface area contributed by atoms with Gasteiger partial charge in [0.2, 0.25) is 0 Å². The lowest BCUT2D eigenvalue weighted by Crippen LogP contribution is -2.12. The van der Waals surface area contributed by atoms with Crippen LogP contribution >= 0.6 is 15.9 Å². The highest BCUT2D eigenvalue weighted by molar-refractivity contribution is 9.10. The van der Waals surface area contributed by atoms with Gasteiger partial charge in [-0.1, -0.05) is 64.5 Å². The highest BCUT2D eigenvalue weighted by Crippen LogP contribution is 2.20. The summed E-state index contributed by atoms with van der Waals surface area (Å²) in [5, 5.41) is 0. The molecule has 0 aliphatic rings. The normalized spacial score (nSPS) is 11.2. The van der Waals surface area contributed by atoms with Gasteiger partial charge in [-0.25, -0.2) is 8.42 Å². The van der Waals surface area contributed by atoms with Gasteiger partial charge in [0, 0.05) is 10.2 Å². The van der Waals surface area contributed by atoms with Gasteiger partial charge in [-0.05, 0) is 47.9 Å².